The molecule has 0 bridgehead atoms. The standard InChI is InChI=1S/C23H30N2O3/c1-15(2)24-22(27)19-9-7-8-10-20(19)25-21(26)16(3)28-18-13-11-17(12-14-18)23(4,5)6/h7-16H,1-6H3,(H,24,27)(H,25,26)/t16-/m0/s1. The first-order chi connectivity index (χ1) is 13.1. The topological polar surface area (TPSA) is 67.4 Å². The Bertz CT molecular complexity index is 820. The van der Waals surface area contributed by atoms with E-state index in [2.05, 4.69) is 31.4 Å². The van der Waals surface area contributed by atoms with Crippen molar-refractivity contribution in [3.05, 3.63) is 59.7 Å². The summed E-state index contributed by atoms with van der Waals surface area (Å²) in [7, 11) is 0. The molecule has 0 unspecified atom stereocenters. The number of rotatable bonds is 6. The number of anilines is 1. The van der Waals surface area contributed by atoms with Gasteiger partial charge >= 0.3 is 0 Å². The Labute approximate surface area is 167 Å². The van der Waals surface area contributed by atoms with Gasteiger partial charge in [0, 0.05) is 6.04 Å². The third kappa shape index (κ3) is 5.84. The van der Waals surface area contributed by atoms with Gasteiger partial charge in [0.25, 0.3) is 11.8 Å². The lowest BCUT2D eigenvalue weighted by molar-refractivity contribution is -0.122. The lowest BCUT2D eigenvalue weighted by atomic mass is 9.87. The molecule has 0 saturated carbocycles. The first-order valence-electron chi connectivity index (χ1n) is 9.56. The Hall–Kier alpha value is -2.82. The Balaban J connectivity index is 2.06. The fourth-order valence-electron chi connectivity index (χ4n) is 2.66. The van der Waals surface area contributed by atoms with Crippen LogP contribution in [0.5, 0.6) is 5.75 Å². The van der Waals surface area contributed by atoms with Crippen LogP contribution in [0.3, 0.4) is 0 Å². The van der Waals surface area contributed by atoms with Crippen molar-refractivity contribution in [1.29, 1.82) is 0 Å². The number of carbonyl (C=O) groups is 2. The maximum Gasteiger partial charge on any atom is 0.265 e. The molecule has 0 saturated heterocycles. The van der Waals surface area contributed by atoms with E-state index < -0.39 is 6.10 Å². The van der Waals surface area contributed by atoms with E-state index in [-0.39, 0.29) is 23.3 Å². The monoisotopic (exact) mass is 382 g/mol. The molecule has 0 aliphatic heterocycles. The highest BCUT2D eigenvalue weighted by Crippen LogP contribution is 2.25. The van der Waals surface area contributed by atoms with Gasteiger partial charge in [0.2, 0.25) is 0 Å². The van der Waals surface area contributed by atoms with Crippen molar-refractivity contribution in [3.8, 4) is 5.75 Å². The van der Waals surface area contributed by atoms with Crippen molar-refractivity contribution < 1.29 is 14.3 Å². The van der Waals surface area contributed by atoms with Crippen molar-refractivity contribution in [2.45, 2.75) is 59.1 Å². The fraction of sp³-hybridized carbons (Fsp3) is 0.391. The van der Waals surface area contributed by atoms with Crippen molar-refractivity contribution in [2.75, 3.05) is 5.32 Å². The van der Waals surface area contributed by atoms with Crippen molar-refractivity contribution in [1.82, 2.24) is 5.32 Å². The van der Waals surface area contributed by atoms with Gasteiger partial charge in [0.05, 0.1) is 11.3 Å². The number of hydrogen-bond donors (Lipinski definition) is 2. The molecule has 2 aromatic carbocycles. The van der Waals surface area contributed by atoms with Crippen molar-refractivity contribution >= 4 is 17.5 Å². The summed E-state index contributed by atoms with van der Waals surface area (Å²) in [4.78, 5) is 24.9. The highest BCUT2D eigenvalue weighted by molar-refractivity contribution is 6.04. The number of benzene rings is 2. The molecule has 150 valence electrons. The molecule has 5 nitrogen and oxygen atoms in total. The minimum Gasteiger partial charge on any atom is -0.481 e. The maximum absolute atomic E-state index is 12.6. The molecule has 0 heterocycles. The Morgan fingerprint density at radius 3 is 2.11 bits per heavy atom. The third-order valence-corrected chi connectivity index (χ3v) is 4.25. The van der Waals surface area contributed by atoms with Gasteiger partial charge in [-0.2, -0.15) is 0 Å². The number of amides is 2. The van der Waals surface area contributed by atoms with Crippen LogP contribution in [0.15, 0.2) is 48.5 Å². The molecule has 2 rings (SSSR count). The molecule has 0 aliphatic rings. The number of hydrogen-bond acceptors (Lipinski definition) is 3. The van der Waals surface area contributed by atoms with E-state index in [1.54, 1.807) is 31.2 Å². The largest absolute Gasteiger partial charge is 0.481 e. The number of nitrogens with one attached hydrogen (secondary N) is 2. The molecule has 0 aliphatic carbocycles. The summed E-state index contributed by atoms with van der Waals surface area (Å²) < 4.78 is 5.77. The van der Waals surface area contributed by atoms with Crippen LogP contribution in [0.4, 0.5) is 5.69 Å². The second-order valence-corrected chi connectivity index (χ2v) is 8.20. The van der Waals surface area contributed by atoms with Gasteiger partial charge in [0.15, 0.2) is 6.10 Å². The molecule has 1 atom stereocenters. The highest BCUT2D eigenvalue weighted by Gasteiger charge is 2.19. The second kappa shape index (κ2) is 8.91. The summed E-state index contributed by atoms with van der Waals surface area (Å²) in [5, 5.41) is 5.63. The van der Waals surface area contributed by atoms with Crippen LogP contribution in [0.25, 0.3) is 0 Å². The smallest absolute Gasteiger partial charge is 0.265 e. The summed E-state index contributed by atoms with van der Waals surface area (Å²) in [6.07, 6.45) is -0.707. The highest BCUT2D eigenvalue weighted by atomic mass is 16.5. The van der Waals surface area contributed by atoms with Gasteiger partial charge < -0.3 is 15.4 Å². The zero-order valence-electron chi connectivity index (χ0n) is 17.5. The molecule has 2 aromatic rings. The minimum absolute atomic E-state index is 0.00887. The van der Waals surface area contributed by atoms with Crippen molar-refractivity contribution in [2.24, 2.45) is 0 Å². The lowest BCUT2D eigenvalue weighted by Gasteiger charge is -2.20. The maximum atomic E-state index is 12.6. The summed E-state index contributed by atoms with van der Waals surface area (Å²) in [6, 6.07) is 14.7. The third-order valence-electron chi connectivity index (χ3n) is 4.25. The molecule has 0 spiro atoms. The van der Waals surface area contributed by atoms with E-state index in [1.165, 1.54) is 5.56 Å². The van der Waals surface area contributed by atoms with Gasteiger partial charge in [-0.1, -0.05) is 45.0 Å². The summed E-state index contributed by atoms with van der Waals surface area (Å²) in [5.41, 5.74) is 2.14. The summed E-state index contributed by atoms with van der Waals surface area (Å²) in [5.74, 6) is 0.0865. The van der Waals surface area contributed by atoms with Gasteiger partial charge in [-0.05, 0) is 56.0 Å². The van der Waals surface area contributed by atoms with Gasteiger partial charge in [0.1, 0.15) is 5.75 Å². The predicted molar refractivity (Wildman–Crippen MR) is 113 cm³/mol. The van der Waals surface area contributed by atoms with Crippen LogP contribution in [-0.2, 0) is 10.2 Å². The Morgan fingerprint density at radius 2 is 1.54 bits per heavy atom. The number of carbonyl (C=O) groups excluding carboxylic acids is 2. The van der Waals surface area contributed by atoms with E-state index in [0.29, 0.717) is 17.0 Å². The zero-order valence-corrected chi connectivity index (χ0v) is 17.5. The van der Waals surface area contributed by atoms with Crippen LogP contribution in [0, 0.1) is 0 Å². The first-order valence-corrected chi connectivity index (χ1v) is 9.56. The molecular weight excluding hydrogens is 352 g/mol. The van der Waals surface area contributed by atoms with E-state index in [9.17, 15) is 9.59 Å². The summed E-state index contributed by atoms with van der Waals surface area (Å²) in [6.45, 7) is 11.9. The van der Waals surface area contributed by atoms with Crippen LogP contribution in [0.2, 0.25) is 0 Å². The molecule has 0 aromatic heterocycles. The molecule has 0 fully saturated rings. The van der Waals surface area contributed by atoms with Crippen LogP contribution < -0.4 is 15.4 Å². The van der Waals surface area contributed by atoms with E-state index in [1.807, 2.05) is 38.1 Å². The fourth-order valence-corrected chi connectivity index (χ4v) is 2.66. The minimum atomic E-state index is -0.707. The van der Waals surface area contributed by atoms with E-state index in [4.69, 9.17) is 4.74 Å². The van der Waals surface area contributed by atoms with Crippen LogP contribution in [-0.4, -0.2) is 24.0 Å². The lowest BCUT2D eigenvalue weighted by Crippen LogP contribution is -2.33. The van der Waals surface area contributed by atoms with Crippen LogP contribution in [0.1, 0.15) is 57.5 Å². The number of ether oxygens (including phenoxy) is 1. The summed E-state index contributed by atoms with van der Waals surface area (Å²) >= 11 is 0. The molecule has 28 heavy (non-hydrogen) atoms. The average Bonchev–Trinajstić information content (AvgIpc) is 2.61. The van der Waals surface area contributed by atoms with Gasteiger partial charge in [-0.15, -0.1) is 0 Å². The average molecular weight is 383 g/mol. The molecular formula is C23H30N2O3. The normalized spacial score (nSPS) is 12.4. The zero-order chi connectivity index (χ0) is 20.9. The molecule has 0 radical (unpaired) electrons. The second-order valence-electron chi connectivity index (χ2n) is 8.20. The molecule has 5 heteroatoms. The van der Waals surface area contributed by atoms with Crippen molar-refractivity contribution in [3.63, 3.8) is 0 Å². The Morgan fingerprint density at radius 1 is 0.929 bits per heavy atom. The number of para-hydroxylation sites is 1. The first kappa shape index (κ1) is 21.5. The predicted octanol–water partition coefficient (Wildman–Crippen LogP) is 4.53. The molecule has 2 amide bonds. The quantitative estimate of drug-likeness (QED) is 0.771. The SMILES string of the molecule is CC(C)NC(=O)c1ccccc1NC(=O)[C@H](C)Oc1ccc(C(C)(C)C)cc1. The molecule has 2 N–H and O–H groups in total. The van der Waals surface area contributed by atoms with E-state index in [0.717, 1.165) is 0 Å². The van der Waals surface area contributed by atoms with Crippen LogP contribution >= 0.6 is 0 Å². The van der Waals surface area contributed by atoms with E-state index >= 15 is 0 Å². The van der Waals surface area contributed by atoms with Gasteiger partial charge in [-0.3, -0.25) is 9.59 Å². The van der Waals surface area contributed by atoms with Gasteiger partial charge in [-0.25, -0.2) is 0 Å². The Kier molecular flexibility index (Phi) is 6.84.